The van der Waals surface area contributed by atoms with Crippen LogP contribution in [-0.2, 0) is 6.42 Å². The molecule has 0 radical (unpaired) electrons. The van der Waals surface area contributed by atoms with Crippen LogP contribution in [0.3, 0.4) is 0 Å². The fraction of sp³-hybridized carbons (Fsp3) is 0.316. The fourth-order valence-electron chi connectivity index (χ4n) is 3.12. The van der Waals surface area contributed by atoms with Crippen LogP contribution in [0.1, 0.15) is 42.7 Å². The SMILES string of the molecule is N#CCCC1CCCc2cc(Sc3ccccc3)ccc21. The molecule has 0 bridgehead atoms. The third-order valence-electron chi connectivity index (χ3n) is 4.14. The van der Waals surface area contributed by atoms with Crippen LogP contribution in [0.2, 0.25) is 0 Å². The second-order valence-electron chi connectivity index (χ2n) is 5.56. The lowest BCUT2D eigenvalue weighted by Gasteiger charge is -2.25. The minimum Gasteiger partial charge on any atom is -0.198 e. The maximum absolute atomic E-state index is 8.80. The lowest BCUT2D eigenvalue weighted by atomic mass is 9.80. The minimum atomic E-state index is 0.587. The van der Waals surface area contributed by atoms with E-state index in [0.717, 1.165) is 6.42 Å². The van der Waals surface area contributed by atoms with Gasteiger partial charge in [0.05, 0.1) is 6.07 Å². The third kappa shape index (κ3) is 3.49. The molecule has 0 spiro atoms. The molecule has 0 amide bonds. The van der Waals surface area contributed by atoms with Gasteiger partial charge in [-0.3, -0.25) is 0 Å². The Morgan fingerprint density at radius 2 is 1.95 bits per heavy atom. The Labute approximate surface area is 131 Å². The van der Waals surface area contributed by atoms with Gasteiger partial charge in [-0.05, 0) is 67.0 Å². The molecule has 1 aliphatic rings. The van der Waals surface area contributed by atoms with Crippen LogP contribution in [0.4, 0.5) is 0 Å². The van der Waals surface area contributed by atoms with E-state index < -0.39 is 0 Å². The average molecular weight is 293 g/mol. The van der Waals surface area contributed by atoms with Gasteiger partial charge >= 0.3 is 0 Å². The molecular weight excluding hydrogens is 274 g/mol. The quantitative estimate of drug-likeness (QED) is 0.736. The van der Waals surface area contributed by atoms with Gasteiger partial charge in [-0.25, -0.2) is 0 Å². The summed E-state index contributed by atoms with van der Waals surface area (Å²) in [7, 11) is 0. The van der Waals surface area contributed by atoms with E-state index in [9.17, 15) is 0 Å². The molecule has 0 heterocycles. The lowest BCUT2D eigenvalue weighted by molar-refractivity contribution is 0.525. The zero-order chi connectivity index (χ0) is 14.5. The summed E-state index contributed by atoms with van der Waals surface area (Å²) in [5.74, 6) is 0.587. The molecule has 1 atom stereocenters. The summed E-state index contributed by atoms with van der Waals surface area (Å²) in [4.78, 5) is 2.61. The van der Waals surface area contributed by atoms with Gasteiger partial charge in [0.25, 0.3) is 0 Å². The summed E-state index contributed by atoms with van der Waals surface area (Å²) >= 11 is 1.83. The van der Waals surface area contributed by atoms with Gasteiger partial charge in [0.2, 0.25) is 0 Å². The summed E-state index contributed by atoms with van der Waals surface area (Å²) in [6, 6.07) is 19.7. The molecule has 0 aromatic heterocycles. The molecule has 1 aliphatic carbocycles. The van der Waals surface area contributed by atoms with Crippen molar-refractivity contribution in [1.82, 2.24) is 0 Å². The fourth-order valence-corrected chi connectivity index (χ4v) is 4.02. The molecule has 0 saturated carbocycles. The van der Waals surface area contributed by atoms with Crippen LogP contribution >= 0.6 is 11.8 Å². The van der Waals surface area contributed by atoms with Gasteiger partial charge < -0.3 is 0 Å². The van der Waals surface area contributed by atoms with Crippen molar-refractivity contribution in [3.63, 3.8) is 0 Å². The molecule has 0 saturated heterocycles. The highest BCUT2D eigenvalue weighted by atomic mass is 32.2. The number of benzene rings is 2. The van der Waals surface area contributed by atoms with Crippen molar-refractivity contribution in [2.75, 3.05) is 0 Å². The predicted molar refractivity (Wildman–Crippen MR) is 87.5 cm³/mol. The zero-order valence-corrected chi connectivity index (χ0v) is 12.9. The number of nitrogens with zero attached hydrogens (tertiary/aromatic N) is 1. The highest BCUT2D eigenvalue weighted by molar-refractivity contribution is 7.99. The highest BCUT2D eigenvalue weighted by Gasteiger charge is 2.20. The molecular formula is C19H19NS. The largest absolute Gasteiger partial charge is 0.198 e. The highest BCUT2D eigenvalue weighted by Crippen LogP contribution is 2.37. The van der Waals surface area contributed by atoms with Gasteiger partial charge in [-0.1, -0.05) is 36.0 Å². The molecule has 2 aromatic carbocycles. The number of hydrogen-bond acceptors (Lipinski definition) is 2. The second kappa shape index (κ2) is 6.83. The van der Waals surface area contributed by atoms with Crippen molar-refractivity contribution in [2.45, 2.75) is 47.8 Å². The second-order valence-corrected chi connectivity index (χ2v) is 6.71. The van der Waals surface area contributed by atoms with E-state index in [-0.39, 0.29) is 0 Å². The number of aryl methyl sites for hydroxylation is 1. The molecule has 1 nitrogen and oxygen atoms in total. The standard InChI is InChI=1S/C19H19NS/c20-13-5-8-15-6-4-7-16-14-18(11-12-19(15)16)21-17-9-2-1-3-10-17/h1-3,9-12,14-15H,4-8H2. The van der Waals surface area contributed by atoms with Crippen LogP contribution in [0.15, 0.2) is 58.3 Å². The summed E-state index contributed by atoms with van der Waals surface area (Å²) in [5.41, 5.74) is 2.97. The van der Waals surface area contributed by atoms with E-state index >= 15 is 0 Å². The van der Waals surface area contributed by atoms with Crippen LogP contribution < -0.4 is 0 Å². The predicted octanol–water partition coefficient (Wildman–Crippen LogP) is 5.56. The first-order chi connectivity index (χ1) is 10.4. The summed E-state index contributed by atoms with van der Waals surface area (Å²) in [6.07, 6.45) is 5.35. The van der Waals surface area contributed by atoms with Crippen LogP contribution in [0.5, 0.6) is 0 Å². The van der Waals surface area contributed by atoms with Crippen molar-refractivity contribution in [3.05, 3.63) is 59.7 Å². The maximum atomic E-state index is 8.80. The average Bonchev–Trinajstić information content (AvgIpc) is 2.53. The maximum Gasteiger partial charge on any atom is 0.0621 e. The number of hydrogen-bond donors (Lipinski definition) is 0. The summed E-state index contributed by atoms with van der Waals surface area (Å²) in [6.45, 7) is 0. The van der Waals surface area contributed by atoms with Gasteiger partial charge in [-0.2, -0.15) is 5.26 Å². The van der Waals surface area contributed by atoms with Crippen molar-refractivity contribution in [2.24, 2.45) is 0 Å². The molecule has 0 N–H and O–H groups in total. The van der Waals surface area contributed by atoms with Crippen molar-refractivity contribution in [1.29, 1.82) is 5.26 Å². The van der Waals surface area contributed by atoms with E-state index in [1.165, 1.54) is 40.2 Å². The van der Waals surface area contributed by atoms with Crippen LogP contribution in [-0.4, -0.2) is 0 Å². The Morgan fingerprint density at radius 3 is 2.76 bits per heavy atom. The minimum absolute atomic E-state index is 0.587. The van der Waals surface area contributed by atoms with Gasteiger partial charge in [0.15, 0.2) is 0 Å². The Hall–Kier alpha value is -1.72. The van der Waals surface area contributed by atoms with Gasteiger partial charge in [-0.15, -0.1) is 0 Å². The monoisotopic (exact) mass is 293 g/mol. The van der Waals surface area contributed by atoms with Crippen LogP contribution in [0, 0.1) is 11.3 Å². The Morgan fingerprint density at radius 1 is 1.10 bits per heavy atom. The number of nitriles is 1. The summed E-state index contributed by atoms with van der Waals surface area (Å²) < 4.78 is 0. The van der Waals surface area contributed by atoms with Crippen molar-refractivity contribution < 1.29 is 0 Å². The van der Waals surface area contributed by atoms with Gasteiger partial charge in [0.1, 0.15) is 0 Å². The van der Waals surface area contributed by atoms with E-state index in [2.05, 4.69) is 54.6 Å². The molecule has 0 fully saturated rings. The van der Waals surface area contributed by atoms with E-state index in [4.69, 9.17) is 5.26 Å². The molecule has 3 rings (SSSR count). The Kier molecular flexibility index (Phi) is 4.62. The van der Waals surface area contributed by atoms with E-state index in [1.807, 2.05) is 11.8 Å². The van der Waals surface area contributed by atoms with E-state index in [1.54, 1.807) is 0 Å². The Bertz CT molecular complexity index is 642. The smallest absolute Gasteiger partial charge is 0.0621 e. The molecule has 2 aromatic rings. The van der Waals surface area contributed by atoms with Gasteiger partial charge in [0, 0.05) is 16.2 Å². The molecule has 106 valence electrons. The van der Waals surface area contributed by atoms with E-state index in [0.29, 0.717) is 12.3 Å². The Balaban J connectivity index is 1.79. The number of fused-ring (bicyclic) bond motifs is 1. The first kappa shape index (κ1) is 14.2. The van der Waals surface area contributed by atoms with Crippen LogP contribution in [0.25, 0.3) is 0 Å². The third-order valence-corrected chi connectivity index (χ3v) is 5.13. The summed E-state index contributed by atoms with van der Waals surface area (Å²) in [5, 5.41) is 8.80. The number of rotatable bonds is 4. The first-order valence-electron chi connectivity index (χ1n) is 7.59. The molecule has 1 unspecified atom stereocenters. The topological polar surface area (TPSA) is 23.8 Å². The van der Waals surface area contributed by atoms with Crippen molar-refractivity contribution >= 4 is 11.8 Å². The first-order valence-corrected chi connectivity index (χ1v) is 8.41. The molecule has 0 aliphatic heterocycles. The molecule has 21 heavy (non-hydrogen) atoms. The lowest BCUT2D eigenvalue weighted by Crippen LogP contribution is -2.09. The molecule has 2 heteroatoms. The van der Waals surface area contributed by atoms with Crippen molar-refractivity contribution in [3.8, 4) is 6.07 Å². The zero-order valence-electron chi connectivity index (χ0n) is 12.1. The normalized spacial score (nSPS) is 17.0.